The molecule has 3 heterocycles. The van der Waals surface area contributed by atoms with E-state index in [4.69, 9.17) is 4.74 Å². The van der Waals surface area contributed by atoms with Crippen molar-refractivity contribution in [3.8, 4) is 11.1 Å². The third-order valence-electron chi connectivity index (χ3n) is 6.57. The molecule has 8 heteroatoms. The summed E-state index contributed by atoms with van der Waals surface area (Å²) in [7, 11) is 0. The van der Waals surface area contributed by atoms with Crippen molar-refractivity contribution < 1.29 is 18.3 Å². The molecule has 2 aromatic carbocycles. The predicted octanol–water partition coefficient (Wildman–Crippen LogP) is 3.64. The minimum Gasteiger partial charge on any atom is -0.373 e. The van der Waals surface area contributed by atoms with Gasteiger partial charge in [0, 0.05) is 31.7 Å². The molecule has 172 valence electrons. The molecule has 0 spiro atoms. The molecule has 0 radical (unpaired) electrons. The Hall–Kier alpha value is -3.10. The van der Waals surface area contributed by atoms with Gasteiger partial charge in [-0.25, -0.2) is 13.8 Å². The molecule has 3 atom stereocenters. The highest BCUT2D eigenvalue weighted by molar-refractivity contribution is 5.92. The minimum absolute atomic E-state index is 0.00570. The van der Waals surface area contributed by atoms with Gasteiger partial charge in [-0.05, 0) is 42.2 Å². The number of amides is 1. The van der Waals surface area contributed by atoms with Gasteiger partial charge >= 0.3 is 0 Å². The lowest BCUT2D eigenvalue weighted by atomic mass is 9.95. The Kier molecular flexibility index (Phi) is 5.95. The summed E-state index contributed by atoms with van der Waals surface area (Å²) in [6.07, 6.45) is 4.05. The molecule has 2 saturated heterocycles. The van der Waals surface area contributed by atoms with Crippen LogP contribution < -0.4 is 5.32 Å². The van der Waals surface area contributed by atoms with Gasteiger partial charge in [0.05, 0.1) is 31.3 Å². The number of nitrogens with zero attached hydrogens (tertiary/aromatic N) is 3. The normalized spacial score (nSPS) is 21.5. The quantitative estimate of drug-likeness (QED) is 0.657. The lowest BCUT2D eigenvalue weighted by Gasteiger charge is -2.41. The summed E-state index contributed by atoms with van der Waals surface area (Å²) in [6, 6.07) is 10.9. The summed E-state index contributed by atoms with van der Waals surface area (Å²) < 4.78 is 35.5. The molecular formula is C25H26F2N4O2. The number of halogens is 2. The molecule has 6 nitrogen and oxygen atoms in total. The number of imidazole rings is 1. The zero-order chi connectivity index (χ0) is 22.9. The van der Waals surface area contributed by atoms with E-state index in [-0.39, 0.29) is 24.1 Å². The van der Waals surface area contributed by atoms with E-state index in [0.29, 0.717) is 36.5 Å². The Morgan fingerprint density at radius 1 is 1.21 bits per heavy atom. The van der Waals surface area contributed by atoms with E-state index < -0.39 is 11.6 Å². The molecule has 33 heavy (non-hydrogen) atoms. The predicted molar refractivity (Wildman–Crippen MR) is 120 cm³/mol. The summed E-state index contributed by atoms with van der Waals surface area (Å²) >= 11 is 0. The number of aromatic nitrogens is 2. The second kappa shape index (κ2) is 9.03. The zero-order valence-electron chi connectivity index (χ0n) is 18.4. The van der Waals surface area contributed by atoms with Gasteiger partial charge in [0.25, 0.3) is 5.91 Å². The number of fused-ring (bicyclic) bond motifs is 1. The van der Waals surface area contributed by atoms with Crippen LogP contribution in [-0.2, 0) is 4.74 Å². The molecule has 1 unspecified atom stereocenters. The Bertz CT molecular complexity index is 1140. The van der Waals surface area contributed by atoms with Gasteiger partial charge in [-0.15, -0.1) is 0 Å². The van der Waals surface area contributed by atoms with Crippen LogP contribution in [0.15, 0.2) is 55.0 Å². The highest BCUT2D eigenvalue weighted by Gasteiger charge is 2.35. The summed E-state index contributed by atoms with van der Waals surface area (Å²) in [6.45, 7) is 4.63. The van der Waals surface area contributed by atoms with Crippen molar-refractivity contribution in [1.82, 2.24) is 19.8 Å². The number of hydrogen-bond donors (Lipinski definition) is 1. The van der Waals surface area contributed by atoms with E-state index in [0.717, 1.165) is 24.6 Å². The number of morpholine rings is 1. The number of carbonyl (C=O) groups excluding carboxylic acids is 1. The first-order valence-corrected chi connectivity index (χ1v) is 11.2. The number of rotatable bonds is 4. The van der Waals surface area contributed by atoms with Gasteiger partial charge in [-0.2, -0.15) is 0 Å². The van der Waals surface area contributed by atoms with E-state index in [1.807, 2.05) is 40.7 Å². The van der Waals surface area contributed by atoms with E-state index in [1.165, 1.54) is 12.1 Å². The van der Waals surface area contributed by atoms with Crippen LogP contribution in [0, 0.1) is 11.6 Å². The van der Waals surface area contributed by atoms with Gasteiger partial charge in [-0.3, -0.25) is 4.79 Å². The van der Waals surface area contributed by atoms with Crippen molar-refractivity contribution in [3.63, 3.8) is 0 Å². The lowest BCUT2D eigenvalue weighted by Crippen LogP contribution is -2.58. The second-order valence-electron chi connectivity index (χ2n) is 8.62. The van der Waals surface area contributed by atoms with Gasteiger partial charge in [-0.1, -0.05) is 24.3 Å². The Balaban J connectivity index is 1.43. The molecule has 2 fully saturated rings. The molecule has 1 amide bonds. The summed E-state index contributed by atoms with van der Waals surface area (Å²) in [5, 5.41) is 3.46. The van der Waals surface area contributed by atoms with Gasteiger partial charge in [0.15, 0.2) is 0 Å². The number of benzene rings is 2. The first kappa shape index (κ1) is 21.7. The number of nitrogens with one attached hydrogen (secondary N) is 1. The van der Waals surface area contributed by atoms with Crippen molar-refractivity contribution >= 4 is 5.91 Å². The largest absolute Gasteiger partial charge is 0.373 e. The van der Waals surface area contributed by atoms with Crippen LogP contribution in [0.1, 0.15) is 35.4 Å². The first-order valence-electron chi connectivity index (χ1n) is 11.2. The van der Waals surface area contributed by atoms with Crippen molar-refractivity contribution in [1.29, 1.82) is 0 Å². The van der Waals surface area contributed by atoms with Gasteiger partial charge < -0.3 is 19.5 Å². The topological polar surface area (TPSA) is 59.4 Å². The molecule has 1 aromatic heterocycles. The van der Waals surface area contributed by atoms with E-state index in [9.17, 15) is 13.6 Å². The third-order valence-corrected chi connectivity index (χ3v) is 6.57. The van der Waals surface area contributed by atoms with Crippen LogP contribution in [-0.4, -0.2) is 58.7 Å². The fourth-order valence-electron chi connectivity index (χ4n) is 4.88. The monoisotopic (exact) mass is 452 g/mol. The minimum atomic E-state index is -0.631. The maximum atomic E-state index is 13.9. The average molecular weight is 453 g/mol. The van der Waals surface area contributed by atoms with Gasteiger partial charge in [0.2, 0.25) is 0 Å². The first-order chi connectivity index (χ1) is 16.0. The fraction of sp³-hybridized carbons (Fsp3) is 0.360. The van der Waals surface area contributed by atoms with Crippen molar-refractivity contribution in [3.05, 3.63) is 77.9 Å². The molecular weight excluding hydrogens is 426 g/mol. The van der Waals surface area contributed by atoms with Crippen LogP contribution in [0.2, 0.25) is 0 Å². The van der Waals surface area contributed by atoms with Gasteiger partial charge in [0.1, 0.15) is 17.3 Å². The Labute approximate surface area is 191 Å². The lowest BCUT2D eigenvalue weighted by molar-refractivity contribution is -0.0417. The second-order valence-corrected chi connectivity index (χ2v) is 8.62. The van der Waals surface area contributed by atoms with Crippen molar-refractivity contribution in [2.24, 2.45) is 0 Å². The SMILES string of the molecule is C[C@@H](c1ccccc1-c1cc(F)cc(F)c1)n1cncc1C(=O)N1CCC2NCCO[C@@H]2C1. The summed E-state index contributed by atoms with van der Waals surface area (Å²) in [4.78, 5) is 19.5. The van der Waals surface area contributed by atoms with Crippen molar-refractivity contribution in [2.45, 2.75) is 31.5 Å². The third kappa shape index (κ3) is 4.28. The summed E-state index contributed by atoms with van der Waals surface area (Å²) in [5.74, 6) is -1.36. The summed E-state index contributed by atoms with van der Waals surface area (Å²) in [5.41, 5.74) is 2.47. The van der Waals surface area contributed by atoms with E-state index >= 15 is 0 Å². The van der Waals surface area contributed by atoms with Crippen LogP contribution in [0.5, 0.6) is 0 Å². The smallest absolute Gasteiger partial charge is 0.272 e. The number of likely N-dealkylation sites (tertiary alicyclic amines) is 1. The van der Waals surface area contributed by atoms with Crippen molar-refractivity contribution in [2.75, 3.05) is 26.2 Å². The molecule has 5 rings (SSSR count). The fourth-order valence-corrected chi connectivity index (χ4v) is 4.88. The zero-order valence-corrected chi connectivity index (χ0v) is 18.4. The molecule has 2 aliphatic heterocycles. The molecule has 0 bridgehead atoms. The van der Waals surface area contributed by atoms with Crippen LogP contribution >= 0.6 is 0 Å². The molecule has 0 saturated carbocycles. The van der Waals surface area contributed by atoms with Crippen LogP contribution in [0.25, 0.3) is 11.1 Å². The highest BCUT2D eigenvalue weighted by atomic mass is 19.1. The Morgan fingerprint density at radius 3 is 2.82 bits per heavy atom. The highest BCUT2D eigenvalue weighted by Crippen LogP contribution is 2.32. The maximum Gasteiger partial charge on any atom is 0.272 e. The maximum absolute atomic E-state index is 13.9. The Morgan fingerprint density at radius 2 is 2.00 bits per heavy atom. The van der Waals surface area contributed by atoms with E-state index in [1.54, 1.807) is 12.5 Å². The number of carbonyl (C=O) groups is 1. The molecule has 3 aromatic rings. The van der Waals surface area contributed by atoms with Crippen LogP contribution in [0.4, 0.5) is 8.78 Å². The average Bonchev–Trinajstić information content (AvgIpc) is 3.32. The number of ether oxygens (including phenoxy) is 1. The number of hydrogen-bond acceptors (Lipinski definition) is 4. The standard InChI is InChI=1S/C25H26F2N4O2/c1-16(20-4-2-3-5-21(20)17-10-18(26)12-19(27)11-17)31-15-28-13-23(31)25(32)30-8-6-22-24(14-30)33-9-7-29-22/h2-5,10-13,15-16,22,24,29H,6-9,14H2,1H3/t16-,22?,24+/m0/s1. The molecule has 0 aliphatic carbocycles. The van der Waals surface area contributed by atoms with Crippen LogP contribution in [0.3, 0.4) is 0 Å². The number of piperidine rings is 1. The van der Waals surface area contributed by atoms with E-state index in [2.05, 4.69) is 10.3 Å². The molecule has 1 N–H and O–H groups in total. The molecule has 2 aliphatic rings.